The molecule has 1 saturated heterocycles. The van der Waals surface area contributed by atoms with Crippen LogP contribution in [0.15, 0.2) is 17.5 Å². The summed E-state index contributed by atoms with van der Waals surface area (Å²) in [6.45, 7) is 4.25. The van der Waals surface area contributed by atoms with E-state index in [2.05, 4.69) is 34.7 Å². The predicted octanol–water partition coefficient (Wildman–Crippen LogP) is 3.39. The average Bonchev–Trinajstić information content (AvgIpc) is 2.75. The van der Waals surface area contributed by atoms with Crippen LogP contribution in [0.4, 0.5) is 0 Å². The fourth-order valence-corrected chi connectivity index (χ4v) is 3.24. The normalized spacial score (nSPS) is 21.0. The summed E-state index contributed by atoms with van der Waals surface area (Å²) in [4.78, 5) is 3.70. The Bertz CT molecular complexity index is 348. The molecule has 17 heavy (non-hydrogen) atoms. The summed E-state index contributed by atoms with van der Waals surface area (Å²) in [6.07, 6.45) is 5.21. The Kier molecular flexibility index (Phi) is 4.80. The highest BCUT2D eigenvalue weighted by molar-refractivity contribution is 7.80. The van der Waals surface area contributed by atoms with Crippen molar-refractivity contribution >= 4 is 28.7 Å². The van der Waals surface area contributed by atoms with Crippen molar-refractivity contribution in [1.29, 1.82) is 0 Å². The number of hydrogen-bond donors (Lipinski definition) is 1. The largest absolute Gasteiger partial charge is 0.358 e. The second kappa shape index (κ2) is 6.36. The fraction of sp³-hybridized carbons (Fsp3) is 0.615. The number of hydrogen-bond acceptors (Lipinski definition) is 2. The third-order valence-corrected chi connectivity index (χ3v) is 4.56. The minimum Gasteiger partial charge on any atom is -0.358 e. The molecule has 1 aliphatic heterocycles. The van der Waals surface area contributed by atoms with Crippen LogP contribution in [0.25, 0.3) is 0 Å². The number of nitrogens with zero attached hydrogens (tertiary/aromatic N) is 1. The quantitative estimate of drug-likeness (QED) is 0.828. The molecular formula is C13H20N2S2. The van der Waals surface area contributed by atoms with E-state index < -0.39 is 0 Å². The van der Waals surface area contributed by atoms with E-state index in [9.17, 15) is 0 Å². The van der Waals surface area contributed by atoms with Crippen LogP contribution in [0.5, 0.6) is 0 Å². The van der Waals surface area contributed by atoms with Crippen molar-refractivity contribution in [2.75, 3.05) is 6.54 Å². The molecule has 94 valence electrons. The maximum atomic E-state index is 5.50. The van der Waals surface area contributed by atoms with Crippen LogP contribution in [-0.2, 0) is 6.54 Å². The van der Waals surface area contributed by atoms with Gasteiger partial charge in [-0.2, -0.15) is 0 Å². The molecule has 1 unspecified atom stereocenters. The summed E-state index contributed by atoms with van der Waals surface area (Å²) in [5.41, 5.74) is 0. The zero-order valence-electron chi connectivity index (χ0n) is 10.3. The number of likely N-dealkylation sites (tertiary alicyclic amines) is 1. The van der Waals surface area contributed by atoms with Gasteiger partial charge in [0, 0.05) is 17.5 Å². The molecule has 1 aliphatic rings. The van der Waals surface area contributed by atoms with Crippen molar-refractivity contribution in [3.05, 3.63) is 22.4 Å². The Labute approximate surface area is 113 Å². The molecule has 2 nitrogen and oxygen atoms in total. The van der Waals surface area contributed by atoms with Crippen LogP contribution in [0, 0.1) is 0 Å². The van der Waals surface area contributed by atoms with Crippen LogP contribution >= 0.6 is 23.6 Å². The predicted molar refractivity (Wildman–Crippen MR) is 78.4 cm³/mol. The summed E-state index contributed by atoms with van der Waals surface area (Å²) in [6, 6.07) is 4.81. The molecule has 1 aromatic heterocycles. The third-order valence-electron chi connectivity index (χ3n) is 3.31. The van der Waals surface area contributed by atoms with E-state index in [1.54, 1.807) is 11.3 Å². The topological polar surface area (TPSA) is 15.3 Å². The van der Waals surface area contributed by atoms with Gasteiger partial charge in [0.1, 0.15) is 0 Å². The van der Waals surface area contributed by atoms with E-state index >= 15 is 0 Å². The van der Waals surface area contributed by atoms with E-state index in [0.29, 0.717) is 6.04 Å². The molecule has 0 radical (unpaired) electrons. The van der Waals surface area contributed by atoms with Crippen molar-refractivity contribution < 1.29 is 0 Å². The molecular weight excluding hydrogens is 248 g/mol. The van der Waals surface area contributed by atoms with Gasteiger partial charge >= 0.3 is 0 Å². The van der Waals surface area contributed by atoms with Crippen molar-refractivity contribution in [2.45, 2.75) is 45.2 Å². The molecule has 0 spiro atoms. The molecule has 1 N–H and O–H groups in total. The van der Waals surface area contributed by atoms with Gasteiger partial charge < -0.3 is 10.2 Å². The van der Waals surface area contributed by atoms with E-state index in [1.807, 2.05) is 0 Å². The van der Waals surface area contributed by atoms with Crippen LogP contribution in [0.1, 0.15) is 37.5 Å². The maximum Gasteiger partial charge on any atom is 0.169 e. The lowest BCUT2D eigenvalue weighted by molar-refractivity contribution is 0.331. The Morgan fingerprint density at radius 2 is 2.41 bits per heavy atom. The molecule has 0 amide bonds. The monoisotopic (exact) mass is 268 g/mol. The molecule has 2 heterocycles. The summed E-state index contributed by atoms with van der Waals surface area (Å²) in [5.74, 6) is 0. The SMILES string of the molecule is CC1CCCCCN1C(=S)NCc1cccs1. The average molecular weight is 268 g/mol. The van der Waals surface area contributed by atoms with Gasteiger partial charge in [0.15, 0.2) is 5.11 Å². The first-order valence-corrected chi connectivity index (χ1v) is 7.63. The standard InChI is InChI=1S/C13H20N2S2/c1-11-6-3-2-4-8-15(11)13(16)14-10-12-7-5-9-17-12/h5,7,9,11H,2-4,6,8,10H2,1H3,(H,14,16). The summed E-state index contributed by atoms with van der Waals surface area (Å²) < 4.78 is 0. The highest BCUT2D eigenvalue weighted by Crippen LogP contribution is 2.16. The molecule has 0 aliphatic carbocycles. The highest BCUT2D eigenvalue weighted by Gasteiger charge is 2.18. The van der Waals surface area contributed by atoms with Gasteiger partial charge in [0.25, 0.3) is 0 Å². The van der Waals surface area contributed by atoms with E-state index in [4.69, 9.17) is 12.2 Å². The van der Waals surface area contributed by atoms with E-state index in [0.717, 1.165) is 18.2 Å². The van der Waals surface area contributed by atoms with Gasteiger partial charge in [0.05, 0.1) is 6.54 Å². The van der Waals surface area contributed by atoms with Crippen LogP contribution < -0.4 is 5.32 Å². The number of thiocarbonyl (C=S) groups is 1. The first-order valence-electron chi connectivity index (χ1n) is 6.34. The Morgan fingerprint density at radius 1 is 1.53 bits per heavy atom. The number of thiophene rings is 1. The molecule has 0 saturated carbocycles. The summed E-state index contributed by atoms with van der Waals surface area (Å²) >= 11 is 7.28. The Balaban J connectivity index is 1.85. The smallest absolute Gasteiger partial charge is 0.169 e. The molecule has 1 aromatic rings. The first kappa shape index (κ1) is 12.8. The van der Waals surface area contributed by atoms with Gasteiger partial charge in [0.2, 0.25) is 0 Å². The van der Waals surface area contributed by atoms with E-state index in [-0.39, 0.29) is 0 Å². The summed E-state index contributed by atoms with van der Waals surface area (Å²) in [5, 5.41) is 6.41. The molecule has 2 rings (SSSR count). The van der Waals surface area contributed by atoms with Gasteiger partial charge in [-0.15, -0.1) is 11.3 Å². The third kappa shape index (κ3) is 3.68. The first-order chi connectivity index (χ1) is 8.27. The Hall–Kier alpha value is -0.610. The second-order valence-electron chi connectivity index (χ2n) is 4.63. The van der Waals surface area contributed by atoms with Crippen LogP contribution in [0.2, 0.25) is 0 Å². The van der Waals surface area contributed by atoms with Gasteiger partial charge in [-0.3, -0.25) is 0 Å². The van der Waals surface area contributed by atoms with Crippen LogP contribution in [-0.4, -0.2) is 22.6 Å². The zero-order chi connectivity index (χ0) is 12.1. The van der Waals surface area contributed by atoms with Gasteiger partial charge in [-0.25, -0.2) is 0 Å². The Morgan fingerprint density at radius 3 is 3.18 bits per heavy atom. The van der Waals surface area contributed by atoms with E-state index in [1.165, 1.54) is 30.6 Å². The minimum atomic E-state index is 0.584. The maximum absolute atomic E-state index is 5.50. The van der Waals surface area contributed by atoms with Gasteiger partial charge in [-0.05, 0) is 43.4 Å². The van der Waals surface area contributed by atoms with Crippen molar-refractivity contribution in [1.82, 2.24) is 10.2 Å². The van der Waals surface area contributed by atoms with Crippen LogP contribution in [0.3, 0.4) is 0 Å². The van der Waals surface area contributed by atoms with Gasteiger partial charge in [-0.1, -0.05) is 18.9 Å². The second-order valence-corrected chi connectivity index (χ2v) is 6.05. The fourth-order valence-electron chi connectivity index (χ4n) is 2.25. The van der Waals surface area contributed by atoms with Crippen molar-refractivity contribution in [3.63, 3.8) is 0 Å². The molecule has 1 fully saturated rings. The van der Waals surface area contributed by atoms with Crippen molar-refractivity contribution in [3.8, 4) is 0 Å². The number of nitrogens with one attached hydrogen (secondary N) is 1. The minimum absolute atomic E-state index is 0.584. The lowest BCUT2D eigenvalue weighted by Gasteiger charge is -2.30. The lowest BCUT2D eigenvalue weighted by Crippen LogP contribution is -2.44. The molecule has 0 bridgehead atoms. The molecule has 1 atom stereocenters. The molecule has 4 heteroatoms. The lowest BCUT2D eigenvalue weighted by atomic mass is 10.1. The van der Waals surface area contributed by atoms with Crippen molar-refractivity contribution in [2.24, 2.45) is 0 Å². The zero-order valence-corrected chi connectivity index (χ0v) is 11.9. The summed E-state index contributed by atoms with van der Waals surface area (Å²) in [7, 11) is 0. The number of rotatable bonds is 2. The highest BCUT2D eigenvalue weighted by atomic mass is 32.1. The molecule has 0 aromatic carbocycles.